The molecule has 0 radical (unpaired) electrons. The van der Waals surface area contributed by atoms with Crippen LogP contribution in [0.15, 0.2) is 40.9 Å². The summed E-state index contributed by atoms with van der Waals surface area (Å²) in [5.74, 6) is 2.02. The van der Waals surface area contributed by atoms with Crippen LogP contribution in [0, 0.1) is 18.3 Å². The summed E-state index contributed by atoms with van der Waals surface area (Å²) < 4.78 is 5.56. The first-order chi connectivity index (χ1) is 15.0. The molecule has 0 unspecified atom stereocenters. The van der Waals surface area contributed by atoms with Gasteiger partial charge in [-0.25, -0.2) is 15.0 Å². The van der Waals surface area contributed by atoms with Crippen molar-refractivity contribution in [1.29, 1.82) is 5.26 Å². The van der Waals surface area contributed by atoms with Gasteiger partial charge >= 0.3 is 7.12 Å². The number of furan rings is 1. The summed E-state index contributed by atoms with van der Waals surface area (Å²) >= 11 is 0. The van der Waals surface area contributed by atoms with Gasteiger partial charge in [0.15, 0.2) is 0 Å². The monoisotopic (exact) mass is 418 g/mol. The molecule has 0 saturated carbocycles. The molecule has 1 aliphatic rings. The number of hydrogen-bond donors (Lipinski definition) is 3. The largest absolute Gasteiger partial charge is 0.526 e. The molecule has 31 heavy (non-hydrogen) atoms. The Labute approximate surface area is 180 Å². The first-order valence-corrected chi connectivity index (χ1v) is 10.2. The minimum absolute atomic E-state index is 0.0997. The Morgan fingerprint density at radius 1 is 1.26 bits per heavy atom. The van der Waals surface area contributed by atoms with E-state index >= 15 is 0 Å². The molecule has 0 bridgehead atoms. The zero-order valence-corrected chi connectivity index (χ0v) is 17.2. The van der Waals surface area contributed by atoms with E-state index in [0.29, 0.717) is 29.6 Å². The topological polar surface area (TPSA) is 131 Å². The number of hydrogen-bond acceptors (Lipinski definition) is 9. The number of nitriles is 1. The molecule has 4 rings (SSSR count). The standard InChI is InChI=1S/C21H23BN6O3/c1-14-25-18(10-21(26-14)27-16-6-5-15(11-23)24-12-16)19-4-2-3-9-28(19)13-17-7-8-20(31-17)22(29)30/h5-8,10,12,19,29-30H,2-4,9,13H2,1H3,(H,25,26,27)/t19-/m1/s1. The van der Waals surface area contributed by atoms with Crippen molar-refractivity contribution in [3.8, 4) is 6.07 Å². The smallest absolute Gasteiger partial charge is 0.468 e. The van der Waals surface area contributed by atoms with E-state index in [2.05, 4.69) is 25.2 Å². The number of pyridine rings is 1. The van der Waals surface area contributed by atoms with Crippen LogP contribution in [0.1, 0.15) is 48.3 Å². The highest BCUT2D eigenvalue weighted by atomic mass is 16.4. The number of nitrogens with zero attached hydrogens (tertiary/aromatic N) is 5. The molecule has 4 heterocycles. The molecule has 0 aliphatic carbocycles. The highest BCUT2D eigenvalue weighted by Crippen LogP contribution is 2.32. The van der Waals surface area contributed by atoms with Gasteiger partial charge in [-0.3, -0.25) is 4.90 Å². The van der Waals surface area contributed by atoms with E-state index in [1.54, 1.807) is 30.5 Å². The molecule has 9 nitrogen and oxygen atoms in total. The van der Waals surface area contributed by atoms with Gasteiger partial charge in [0.25, 0.3) is 0 Å². The molecular formula is C21H23BN6O3. The molecule has 1 saturated heterocycles. The van der Waals surface area contributed by atoms with Crippen LogP contribution in [0.3, 0.4) is 0 Å². The fourth-order valence-electron chi connectivity index (χ4n) is 3.84. The Morgan fingerprint density at radius 3 is 2.84 bits per heavy atom. The summed E-state index contributed by atoms with van der Waals surface area (Å²) in [7, 11) is -1.61. The lowest BCUT2D eigenvalue weighted by Crippen LogP contribution is -2.33. The van der Waals surface area contributed by atoms with E-state index in [-0.39, 0.29) is 11.7 Å². The van der Waals surface area contributed by atoms with Crippen molar-refractivity contribution in [3.05, 3.63) is 59.5 Å². The van der Waals surface area contributed by atoms with Crippen LogP contribution in [0.4, 0.5) is 11.5 Å². The summed E-state index contributed by atoms with van der Waals surface area (Å²) in [6.07, 6.45) is 4.75. The Kier molecular flexibility index (Phi) is 6.27. The van der Waals surface area contributed by atoms with Crippen molar-refractivity contribution in [2.75, 3.05) is 11.9 Å². The molecule has 10 heteroatoms. The molecule has 158 valence electrons. The Hall–Kier alpha value is -3.26. The molecular weight excluding hydrogens is 395 g/mol. The molecule has 3 N–H and O–H groups in total. The van der Waals surface area contributed by atoms with E-state index in [1.165, 1.54) is 0 Å². The zero-order chi connectivity index (χ0) is 21.8. The van der Waals surface area contributed by atoms with Gasteiger partial charge < -0.3 is 19.8 Å². The van der Waals surface area contributed by atoms with E-state index in [1.807, 2.05) is 19.1 Å². The van der Waals surface area contributed by atoms with E-state index < -0.39 is 7.12 Å². The van der Waals surface area contributed by atoms with Crippen molar-refractivity contribution in [2.45, 2.75) is 38.8 Å². The van der Waals surface area contributed by atoms with Crippen molar-refractivity contribution < 1.29 is 14.5 Å². The zero-order valence-electron chi connectivity index (χ0n) is 17.2. The van der Waals surface area contributed by atoms with Crippen LogP contribution >= 0.6 is 0 Å². The van der Waals surface area contributed by atoms with Crippen LogP contribution in [0.2, 0.25) is 0 Å². The van der Waals surface area contributed by atoms with Gasteiger partial charge in [0.2, 0.25) is 0 Å². The average molecular weight is 418 g/mol. The second kappa shape index (κ2) is 9.26. The Morgan fingerprint density at radius 2 is 2.13 bits per heavy atom. The van der Waals surface area contributed by atoms with Gasteiger partial charge in [-0.15, -0.1) is 0 Å². The summed E-state index contributed by atoms with van der Waals surface area (Å²) in [4.78, 5) is 15.6. The number of aromatic nitrogens is 3. The van der Waals surface area contributed by atoms with Crippen molar-refractivity contribution in [3.63, 3.8) is 0 Å². The lowest BCUT2D eigenvalue weighted by molar-refractivity contribution is 0.127. The van der Waals surface area contributed by atoms with Gasteiger partial charge in [0.05, 0.1) is 30.2 Å². The maximum atomic E-state index is 9.29. The summed E-state index contributed by atoms with van der Waals surface area (Å²) in [5.41, 5.74) is 2.17. The second-order valence-corrected chi connectivity index (χ2v) is 7.55. The third-order valence-electron chi connectivity index (χ3n) is 5.26. The number of likely N-dealkylation sites (tertiary alicyclic amines) is 1. The molecule has 1 atom stereocenters. The lowest BCUT2D eigenvalue weighted by Gasteiger charge is -2.35. The number of nitrogens with one attached hydrogen (secondary N) is 1. The third kappa shape index (κ3) is 5.09. The first kappa shape index (κ1) is 21.0. The Bertz CT molecular complexity index is 1080. The Balaban J connectivity index is 1.54. The molecule has 0 amide bonds. The summed E-state index contributed by atoms with van der Waals surface area (Å²) in [5, 5.41) is 30.7. The normalized spacial score (nSPS) is 16.6. The molecule has 1 fully saturated rings. The quantitative estimate of drug-likeness (QED) is 0.513. The van der Waals surface area contributed by atoms with Gasteiger partial charge in [0, 0.05) is 6.07 Å². The second-order valence-electron chi connectivity index (χ2n) is 7.55. The minimum atomic E-state index is -1.61. The third-order valence-corrected chi connectivity index (χ3v) is 5.26. The van der Waals surface area contributed by atoms with Gasteiger partial charge in [-0.2, -0.15) is 5.26 Å². The molecule has 3 aromatic heterocycles. The fraction of sp³-hybridized carbons (Fsp3) is 0.333. The lowest BCUT2D eigenvalue weighted by atomic mass is 9.88. The van der Waals surface area contributed by atoms with Crippen molar-refractivity contribution in [2.24, 2.45) is 0 Å². The maximum absolute atomic E-state index is 9.29. The number of rotatable bonds is 6. The van der Waals surface area contributed by atoms with E-state index in [0.717, 1.165) is 37.2 Å². The number of piperidine rings is 1. The van der Waals surface area contributed by atoms with Crippen LogP contribution in [-0.2, 0) is 6.54 Å². The maximum Gasteiger partial charge on any atom is 0.526 e. The average Bonchev–Trinajstić information content (AvgIpc) is 3.23. The SMILES string of the molecule is Cc1nc(Nc2ccc(C#N)nc2)cc([C@H]2CCCCN2Cc2ccc(B(O)O)o2)n1. The molecule has 1 aliphatic heterocycles. The fourth-order valence-corrected chi connectivity index (χ4v) is 3.84. The number of aryl methyl sites for hydroxylation is 1. The van der Waals surface area contributed by atoms with E-state index in [9.17, 15) is 10.0 Å². The van der Waals surface area contributed by atoms with Crippen molar-refractivity contribution in [1.82, 2.24) is 19.9 Å². The van der Waals surface area contributed by atoms with Gasteiger partial charge in [-0.05, 0) is 50.6 Å². The number of anilines is 2. The van der Waals surface area contributed by atoms with Crippen LogP contribution in [-0.4, -0.2) is 43.6 Å². The van der Waals surface area contributed by atoms with E-state index in [4.69, 9.17) is 9.68 Å². The van der Waals surface area contributed by atoms with Crippen LogP contribution in [0.25, 0.3) is 0 Å². The predicted molar refractivity (Wildman–Crippen MR) is 115 cm³/mol. The first-order valence-electron chi connectivity index (χ1n) is 10.2. The summed E-state index contributed by atoms with van der Waals surface area (Å²) in [6, 6.07) is 10.9. The van der Waals surface area contributed by atoms with Gasteiger partial charge in [-0.1, -0.05) is 6.42 Å². The molecule has 3 aromatic rings. The summed E-state index contributed by atoms with van der Waals surface area (Å²) in [6.45, 7) is 3.32. The minimum Gasteiger partial charge on any atom is -0.468 e. The predicted octanol–water partition coefficient (Wildman–Crippen LogP) is 1.80. The van der Waals surface area contributed by atoms with Gasteiger partial charge in [0.1, 0.15) is 34.8 Å². The van der Waals surface area contributed by atoms with Crippen molar-refractivity contribution >= 4 is 24.3 Å². The van der Waals surface area contributed by atoms with Crippen LogP contribution < -0.4 is 11.0 Å². The highest BCUT2D eigenvalue weighted by molar-refractivity contribution is 6.56. The van der Waals surface area contributed by atoms with Crippen LogP contribution in [0.5, 0.6) is 0 Å². The highest BCUT2D eigenvalue weighted by Gasteiger charge is 2.27. The molecule has 0 spiro atoms. The molecule has 0 aromatic carbocycles.